The summed E-state index contributed by atoms with van der Waals surface area (Å²) in [6.45, 7) is 2.11. The van der Waals surface area contributed by atoms with Gasteiger partial charge in [0.2, 0.25) is 0 Å². The maximum Gasteiger partial charge on any atom is 0.418 e. The summed E-state index contributed by atoms with van der Waals surface area (Å²) in [6, 6.07) is 40.8. The standard InChI is InChI=1S/C31H26BN3/c1-23-21-22-33-31-30(23)34(2)32(35(31)26-17-10-5-11-18-26)29-27(24-13-6-3-7-14-24)19-12-20-28(29)25-15-8-4-9-16-25/h3-22H,1-2H3. The van der Waals surface area contributed by atoms with E-state index in [4.69, 9.17) is 4.98 Å². The Bertz CT molecular complexity index is 1410. The lowest BCUT2D eigenvalue weighted by atomic mass is 9.60. The van der Waals surface area contributed by atoms with E-state index in [0.29, 0.717) is 0 Å². The number of nitrogens with zero attached hydrogens (tertiary/aromatic N) is 3. The van der Waals surface area contributed by atoms with Crippen molar-refractivity contribution in [2.75, 3.05) is 16.7 Å². The Morgan fingerprint density at radius 2 is 1.17 bits per heavy atom. The first kappa shape index (κ1) is 21.2. The lowest BCUT2D eigenvalue weighted by Crippen LogP contribution is -2.55. The Morgan fingerprint density at radius 1 is 0.629 bits per heavy atom. The highest BCUT2D eigenvalue weighted by molar-refractivity contribution is 6.85. The first-order valence-corrected chi connectivity index (χ1v) is 12.0. The largest absolute Gasteiger partial charge is 0.418 e. The molecule has 0 bridgehead atoms. The average Bonchev–Trinajstić information content (AvgIpc) is 3.22. The number of benzene rings is 4. The predicted octanol–water partition coefficient (Wildman–Crippen LogP) is 6.71. The van der Waals surface area contributed by atoms with Crippen LogP contribution in [-0.4, -0.2) is 19.0 Å². The average molecular weight is 451 g/mol. The molecule has 1 aliphatic heterocycles. The Morgan fingerprint density at radius 3 is 1.74 bits per heavy atom. The van der Waals surface area contributed by atoms with Crippen molar-refractivity contribution < 1.29 is 0 Å². The number of hydrogen-bond donors (Lipinski definition) is 0. The molecule has 0 unspecified atom stereocenters. The van der Waals surface area contributed by atoms with Crippen molar-refractivity contribution in [3.8, 4) is 22.3 Å². The van der Waals surface area contributed by atoms with E-state index < -0.39 is 0 Å². The van der Waals surface area contributed by atoms with Crippen molar-refractivity contribution in [2.24, 2.45) is 0 Å². The summed E-state index contributed by atoms with van der Waals surface area (Å²) in [7, 11) is 2.19. The number of aromatic nitrogens is 1. The molecule has 0 aliphatic carbocycles. The molecule has 5 aromatic rings. The van der Waals surface area contributed by atoms with Gasteiger partial charge in [0, 0.05) is 11.9 Å². The Balaban J connectivity index is 1.67. The molecular weight excluding hydrogens is 425 g/mol. The van der Waals surface area contributed by atoms with Gasteiger partial charge in [0.05, 0.1) is 5.69 Å². The number of hydrogen-bond acceptors (Lipinski definition) is 3. The smallest absolute Gasteiger partial charge is 0.391 e. The van der Waals surface area contributed by atoms with Crippen LogP contribution in [0.4, 0.5) is 17.2 Å². The van der Waals surface area contributed by atoms with Crippen LogP contribution in [0.5, 0.6) is 0 Å². The predicted molar refractivity (Wildman–Crippen MR) is 149 cm³/mol. The third-order valence-corrected chi connectivity index (χ3v) is 6.87. The SMILES string of the molecule is Cc1ccnc2c1N(C)B(c1c(-c3ccccc3)cccc1-c1ccccc1)N2c1ccccc1. The fourth-order valence-corrected chi connectivity index (χ4v) is 5.32. The van der Waals surface area contributed by atoms with Crippen LogP contribution in [0.3, 0.4) is 0 Å². The van der Waals surface area contributed by atoms with Gasteiger partial charge in [0.25, 0.3) is 0 Å². The van der Waals surface area contributed by atoms with Gasteiger partial charge in [-0.1, -0.05) is 97.1 Å². The van der Waals surface area contributed by atoms with Gasteiger partial charge in [-0.2, -0.15) is 0 Å². The van der Waals surface area contributed by atoms with Crippen LogP contribution < -0.4 is 15.1 Å². The lowest BCUT2D eigenvalue weighted by Gasteiger charge is -2.30. The molecule has 0 atom stereocenters. The van der Waals surface area contributed by atoms with Gasteiger partial charge in [-0.25, -0.2) is 4.98 Å². The highest BCUT2D eigenvalue weighted by Crippen LogP contribution is 2.43. The second-order valence-electron chi connectivity index (χ2n) is 8.99. The summed E-state index contributed by atoms with van der Waals surface area (Å²) in [6.07, 6.45) is 1.92. The highest BCUT2D eigenvalue weighted by atomic mass is 15.3. The van der Waals surface area contributed by atoms with Gasteiger partial charge in [-0.3, -0.25) is 0 Å². The minimum absolute atomic E-state index is 0.0624. The van der Waals surface area contributed by atoms with Gasteiger partial charge in [-0.15, -0.1) is 0 Å². The van der Waals surface area contributed by atoms with Crippen LogP contribution in [0, 0.1) is 6.92 Å². The van der Waals surface area contributed by atoms with Crippen molar-refractivity contribution in [1.82, 2.24) is 4.98 Å². The number of fused-ring (bicyclic) bond motifs is 1. The molecular formula is C31H26BN3. The molecule has 0 saturated heterocycles. The van der Waals surface area contributed by atoms with Crippen molar-refractivity contribution in [1.29, 1.82) is 0 Å². The fraction of sp³-hybridized carbons (Fsp3) is 0.0645. The maximum absolute atomic E-state index is 4.89. The Kier molecular flexibility index (Phi) is 5.34. The molecule has 1 aliphatic rings. The highest BCUT2D eigenvalue weighted by Gasteiger charge is 2.44. The van der Waals surface area contributed by atoms with E-state index in [-0.39, 0.29) is 6.98 Å². The van der Waals surface area contributed by atoms with Crippen LogP contribution in [0.15, 0.2) is 121 Å². The summed E-state index contributed by atoms with van der Waals surface area (Å²) in [5.41, 5.74) is 9.68. The van der Waals surface area contributed by atoms with Crippen molar-refractivity contribution >= 4 is 29.6 Å². The van der Waals surface area contributed by atoms with Crippen LogP contribution in [-0.2, 0) is 0 Å². The zero-order chi connectivity index (χ0) is 23.8. The van der Waals surface area contributed by atoms with Gasteiger partial charge < -0.3 is 9.62 Å². The molecule has 3 nitrogen and oxygen atoms in total. The number of pyridine rings is 1. The summed E-state index contributed by atoms with van der Waals surface area (Å²) in [4.78, 5) is 9.67. The third-order valence-electron chi connectivity index (χ3n) is 6.87. The van der Waals surface area contributed by atoms with Crippen molar-refractivity contribution in [3.05, 3.63) is 127 Å². The molecule has 2 heterocycles. The molecule has 0 spiro atoms. The van der Waals surface area contributed by atoms with Crippen LogP contribution >= 0.6 is 0 Å². The maximum atomic E-state index is 4.89. The minimum atomic E-state index is -0.0624. The quantitative estimate of drug-likeness (QED) is 0.283. The van der Waals surface area contributed by atoms with E-state index in [1.165, 1.54) is 39.0 Å². The molecule has 4 heteroatoms. The lowest BCUT2D eigenvalue weighted by molar-refractivity contribution is 1.23. The van der Waals surface area contributed by atoms with E-state index >= 15 is 0 Å². The summed E-state index contributed by atoms with van der Waals surface area (Å²) >= 11 is 0. The molecule has 0 radical (unpaired) electrons. The molecule has 6 rings (SSSR count). The molecule has 168 valence electrons. The van der Waals surface area contributed by atoms with Crippen molar-refractivity contribution in [3.63, 3.8) is 0 Å². The van der Waals surface area contributed by atoms with Crippen LogP contribution in [0.1, 0.15) is 5.56 Å². The summed E-state index contributed by atoms with van der Waals surface area (Å²) in [5.74, 6) is 0.991. The van der Waals surface area contributed by atoms with E-state index in [1.807, 2.05) is 6.20 Å². The van der Waals surface area contributed by atoms with Gasteiger partial charge in [0.1, 0.15) is 5.82 Å². The molecule has 1 aromatic heterocycles. The Labute approximate surface area is 207 Å². The molecule has 4 aromatic carbocycles. The fourth-order valence-electron chi connectivity index (χ4n) is 5.32. The number of anilines is 3. The number of rotatable bonds is 4. The van der Waals surface area contributed by atoms with E-state index in [2.05, 4.69) is 139 Å². The zero-order valence-corrected chi connectivity index (χ0v) is 20.0. The second kappa shape index (κ2) is 8.81. The second-order valence-corrected chi connectivity index (χ2v) is 8.99. The summed E-state index contributed by atoms with van der Waals surface area (Å²) < 4.78 is 0. The molecule has 0 fully saturated rings. The molecule has 0 amide bonds. The molecule has 35 heavy (non-hydrogen) atoms. The van der Waals surface area contributed by atoms with Crippen LogP contribution in [0.2, 0.25) is 0 Å². The van der Waals surface area contributed by atoms with E-state index in [0.717, 1.165) is 11.5 Å². The van der Waals surface area contributed by atoms with Gasteiger partial charge in [-0.05, 0) is 65.5 Å². The minimum Gasteiger partial charge on any atom is -0.391 e. The van der Waals surface area contributed by atoms with Gasteiger partial charge >= 0.3 is 6.98 Å². The van der Waals surface area contributed by atoms with Crippen molar-refractivity contribution in [2.45, 2.75) is 6.92 Å². The monoisotopic (exact) mass is 451 g/mol. The van der Waals surface area contributed by atoms with Crippen LogP contribution in [0.25, 0.3) is 22.3 Å². The zero-order valence-electron chi connectivity index (χ0n) is 20.0. The number of para-hydroxylation sites is 1. The topological polar surface area (TPSA) is 19.4 Å². The number of aryl methyl sites for hydroxylation is 1. The van der Waals surface area contributed by atoms with E-state index in [9.17, 15) is 0 Å². The molecule has 0 N–H and O–H groups in total. The summed E-state index contributed by atoms with van der Waals surface area (Å²) in [5, 5.41) is 0. The van der Waals surface area contributed by atoms with Gasteiger partial charge in [0.15, 0.2) is 0 Å². The first-order chi connectivity index (χ1) is 17.2. The first-order valence-electron chi connectivity index (χ1n) is 12.0. The normalized spacial score (nSPS) is 12.7. The Hall–Kier alpha value is -4.31. The third kappa shape index (κ3) is 3.59. The van der Waals surface area contributed by atoms with E-state index in [1.54, 1.807) is 0 Å². The molecule has 0 saturated carbocycles.